The minimum Gasteiger partial charge on any atom is -0.457 e. The van der Waals surface area contributed by atoms with Crippen LogP contribution in [-0.2, 0) is 17.8 Å². The molecular formula is C20H22N2O3S. The number of esters is 1. The summed E-state index contributed by atoms with van der Waals surface area (Å²) in [5, 5.41) is 5.10. The molecule has 0 unspecified atom stereocenters. The Kier molecular flexibility index (Phi) is 4.93. The fourth-order valence-corrected chi connectivity index (χ4v) is 4.46. The van der Waals surface area contributed by atoms with Crippen LogP contribution in [0.25, 0.3) is 0 Å². The first-order chi connectivity index (χ1) is 12.7. The van der Waals surface area contributed by atoms with Crippen LogP contribution < -0.4 is 5.32 Å². The molecule has 6 heteroatoms. The summed E-state index contributed by atoms with van der Waals surface area (Å²) < 4.78 is 5.02. The Morgan fingerprint density at radius 1 is 1.31 bits per heavy atom. The smallest absolute Gasteiger partial charge is 0.338 e. The van der Waals surface area contributed by atoms with Crippen molar-refractivity contribution in [2.24, 2.45) is 0 Å². The SMILES string of the molecule is O=C1OCc2cc(NC(=O)N3CCCC[C@@H]3CCc3cccs3)ccc21. The molecular weight excluding hydrogens is 348 g/mol. The number of piperidine rings is 1. The molecule has 1 N–H and O–H groups in total. The fourth-order valence-electron chi connectivity index (χ4n) is 3.74. The van der Waals surface area contributed by atoms with Crippen LogP contribution >= 0.6 is 11.3 Å². The number of benzene rings is 1. The van der Waals surface area contributed by atoms with Crippen molar-refractivity contribution >= 4 is 29.0 Å². The van der Waals surface area contributed by atoms with Gasteiger partial charge < -0.3 is 15.0 Å². The van der Waals surface area contributed by atoms with Gasteiger partial charge in [-0.3, -0.25) is 0 Å². The number of anilines is 1. The van der Waals surface area contributed by atoms with E-state index < -0.39 is 0 Å². The summed E-state index contributed by atoms with van der Waals surface area (Å²) in [7, 11) is 0. The van der Waals surface area contributed by atoms with E-state index in [2.05, 4.69) is 22.8 Å². The third-order valence-corrected chi connectivity index (χ3v) is 6.06. The number of rotatable bonds is 4. The molecule has 2 aromatic rings. The summed E-state index contributed by atoms with van der Waals surface area (Å²) in [6, 6.07) is 9.80. The molecule has 0 spiro atoms. The van der Waals surface area contributed by atoms with Gasteiger partial charge in [0.1, 0.15) is 6.61 Å². The highest BCUT2D eigenvalue weighted by Gasteiger charge is 2.27. The van der Waals surface area contributed by atoms with Gasteiger partial charge in [-0.05, 0) is 61.7 Å². The molecule has 1 saturated heterocycles. The second-order valence-electron chi connectivity index (χ2n) is 6.84. The number of carbonyl (C=O) groups is 2. The van der Waals surface area contributed by atoms with Crippen LogP contribution in [-0.4, -0.2) is 29.5 Å². The zero-order valence-corrected chi connectivity index (χ0v) is 15.4. The second kappa shape index (κ2) is 7.50. The number of cyclic esters (lactones) is 1. The lowest BCUT2D eigenvalue weighted by atomic mass is 9.98. The summed E-state index contributed by atoms with van der Waals surface area (Å²) in [6.45, 7) is 1.08. The van der Waals surface area contributed by atoms with Crippen LogP contribution in [0.1, 0.15) is 46.5 Å². The van der Waals surface area contributed by atoms with Crippen molar-refractivity contribution in [3.8, 4) is 0 Å². The lowest BCUT2D eigenvalue weighted by molar-refractivity contribution is 0.0535. The minimum absolute atomic E-state index is 0.0499. The molecule has 26 heavy (non-hydrogen) atoms. The van der Waals surface area contributed by atoms with E-state index in [0.717, 1.165) is 43.5 Å². The number of likely N-dealkylation sites (tertiary alicyclic amines) is 1. The number of ether oxygens (including phenoxy) is 1. The van der Waals surface area contributed by atoms with Gasteiger partial charge in [-0.15, -0.1) is 11.3 Å². The normalized spacial score (nSPS) is 19.2. The lowest BCUT2D eigenvalue weighted by Crippen LogP contribution is -2.46. The Hall–Kier alpha value is -2.34. The fraction of sp³-hybridized carbons (Fsp3) is 0.400. The van der Waals surface area contributed by atoms with Gasteiger partial charge >= 0.3 is 12.0 Å². The molecule has 5 nitrogen and oxygen atoms in total. The van der Waals surface area contributed by atoms with E-state index in [4.69, 9.17) is 4.74 Å². The average molecular weight is 370 g/mol. The molecule has 1 aromatic heterocycles. The van der Waals surface area contributed by atoms with E-state index in [1.165, 1.54) is 11.3 Å². The van der Waals surface area contributed by atoms with Crippen LogP contribution in [0.3, 0.4) is 0 Å². The van der Waals surface area contributed by atoms with Crippen LogP contribution in [0.5, 0.6) is 0 Å². The monoisotopic (exact) mass is 370 g/mol. The minimum atomic E-state index is -0.289. The molecule has 3 heterocycles. The Bertz CT molecular complexity index is 803. The predicted molar refractivity (Wildman–Crippen MR) is 102 cm³/mol. The molecule has 1 atom stereocenters. The van der Waals surface area contributed by atoms with E-state index in [9.17, 15) is 9.59 Å². The topological polar surface area (TPSA) is 58.6 Å². The third-order valence-electron chi connectivity index (χ3n) is 5.13. The summed E-state index contributed by atoms with van der Waals surface area (Å²) in [6.07, 6.45) is 5.31. The number of carbonyl (C=O) groups excluding carboxylic acids is 2. The molecule has 136 valence electrons. The maximum atomic E-state index is 12.8. The number of aryl methyl sites for hydroxylation is 1. The quantitative estimate of drug-likeness (QED) is 0.810. The standard InChI is InChI=1S/C20H22N2O3S/c23-19-18-9-6-15(12-14(18)13-25-19)21-20(24)22-10-2-1-4-16(22)7-8-17-5-3-11-26-17/h3,5-6,9,11-12,16H,1-2,4,7-8,10,13H2,(H,21,24)/t16-/m1/s1. The van der Waals surface area contributed by atoms with Crippen molar-refractivity contribution in [2.75, 3.05) is 11.9 Å². The zero-order valence-electron chi connectivity index (χ0n) is 14.6. The number of nitrogens with one attached hydrogen (secondary N) is 1. The largest absolute Gasteiger partial charge is 0.457 e. The summed E-state index contributed by atoms with van der Waals surface area (Å²) in [5.74, 6) is -0.289. The molecule has 2 amide bonds. The Labute approximate surface area is 157 Å². The van der Waals surface area contributed by atoms with Gasteiger partial charge in [0.25, 0.3) is 0 Å². The zero-order chi connectivity index (χ0) is 17.9. The van der Waals surface area contributed by atoms with Gasteiger partial charge in [0.05, 0.1) is 5.56 Å². The van der Waals surface area contributed by atoms with Crippen molar-refractivity contribution in [3.05, 3.63) is 51.7 Å². The number of fused-ring (bicyclic) bond motifs is 1. The molecule has 0 aliphatic carbocycles. The number of thiophene rings is 1. The first-order valence-corrected chi connectivity index (χ1v) is 9.99. The lowest BCUT2D eigenvalue weighted by Gasteiger charge is -2.35. The first kappa shape index (κ1) is 17.1. The molecule has 4 rings (SSSR count). The van der Waals surface area contributed by atoms with Crippen molar-refractivity contribution < 1.29 is 14.3 Å². The van der Waals surface area contributed by atoms with Crippen molar-refractivity contribution in [1.29, 1.82) is 0 Å². The highest BCUT2D eigenvalue weighted by Crippen LogP contribution is 2.26. The number of urea groups is 1. The van der Waals surface area contributed by atoms with Crippen molar-refractivity contribution in [1.82, 2.24) is 4.90 Å². The van der Waals surface area contributed by atoms with Gasteiger partial charge in [0.15, 0.2) is 0 Å². The first-order valence-electron chi connectivity index (χ1n) is 9.11. The molecule has 1 fully saturated rings. The maximum Gasteiger partial charge on any atom is 0.338 e. The maximum absolute atomic E-state index is 12.8. The van der Waals surface area contributed by atoms with E-state index in [1.54, 1.807) is 23.5 Å². The van der Waals surface area contributed by atoms with E-state index >= 15 is 0 Å². The molecule has 0 radical (unpaired) electrons. The summed E-state index contributed by atoms with van der Waals surface area (Å²) >= 11 is 1.78. The molecule has 0 bridgehead atoms. The van der Waals surface area contributed by atoms with Gasteiger partial charge in [-0.25, -0.2) is 9.59 Å². The third kappa shape index (κ3) is 3.60. The molecule has 0 saturated carbocycles. The van der Waals surface area contributed by atoms with Crippen LogP contribution in [0.2, 0.25) is 0 Å². The molecule has 2 aliphatic rings. The molecule has 2 aliphatic heterocycles. The number of hydrogen-bond donors (Lipinski definition) is 1. The number of hydrogen-bond acceptors (Lipinski definition) is 4. The van der Waals surface area contributed by atoms with Crippen LogP contribution in [0.4, 0.5) is 10.5 Å². The highest BCUT2D eigenvalue weighted by atomic mass is 32.1. The second-order valence-corrected chi connectivity index (χ2v) is 7.87. The molecule has 1 aromatic carbocycles. The van der Waals surface area contributed by atoms with E-state index in [1.807, 2.05) is 11.0 Å². The Balaban J connectivity index is 1.41. The predicted octanol–water partition coefficient (Wildman–Crippen LogP) is 4.44. The van der Waals surface area contributed by atoms with Crippen molar-refractivity contribution in [2.45, 2.75) is 44.8 Å². The van der Waals surface area contributed by atoms with Crippen LogP contribution in [0, 0.1) is 0 Å². The van der Waals surface area contributed by atoms with E-state index in [0.29, 0.717) is 5.56 Å². The van der Waals surface area contributed by atoms with Crippen LogP contribution in [0.15, 0.2) is 35.7 Å². The number of amides is 2. The average Bonchev–Trinajstić information content (AvgIpc) is 3.30. The van der Waals surface area contributed by atoms with Crippen molar-refractivity contribution in [3.63, 3.8) is 0 Å². The Morgan fingerprint density at radius 3 is 3.08 bits per heavy atom. The summed E-state index contributed by atoms with van der Waals surface area (Å²) in [4.78, 5) is 27.7. The van der Waals surface area contributed by atoms with E-state index in [-0.39, 0.29) is 24.6 Å². The summed E-state index contributed by atoms with van der Waals surface area (Å²) in [5.41, 5.74) is 2.14. The number of nitrogens with zero attached hydrogens (tertiary/aromatic N) is 1. The van der Waals surface area contributed by atoms with Gasteiger partial charge in [0, 0.05) is 28.7 Å². The highest BCUT2D eigenvalue weighted by molar-refractivity contribution is 7.09. The van der Waals surface area contributed by atoms with Gasteiger partial charge in [0.2, 0.25) is 0 Å². The Morgan fingerprint density at radius 2 is 2.23 bits per heavy atom. The van der Waals surface area contributed by atoms with Gasteiger partial charge in [-0.2, -0.15) is 0 Å². The van der Waals surface area contributed by atoms with Gasteiger partial charge in [-0.1, -0.05) is 6.07 Å².